The number of halogens is 1. The van der Waals surface area contributed by atoms with E-state index >= 15 is 0 Å². The maximum absolute atomic E-state index is 13.3. The van der Waals surface area contributed by atoms with Crippen molar-refractivity contribution in [2.45, 2.75) is 46.2 Å². The third-order valence-corrected chi connectivity index (χ3v) is 3.58. The summed E-state index contributed by atoms with van der Waals surface area (Å²) in [4.78, 5) is 0. The third-order valence-electron chi connectivity index (χ3n) is 3.58. The Labute approximate surface area is 126 Å². The van der Waals surface area contributed by atoms with E-state index in [2.05, 4.69) is 30.5 Å². The smallest absolute Gasteiger partial charge is 0.123 e. The number of aryl methyl sites for hydroxylation is 2. The van der Waals surface area contributed by atoms with Gasteiger partial charge < -0.3 is 5.32 Å². The summed E-state index contributed by atoms with van der Waals surface area (Å²) in [6.45, 7) is 8.07. The topological polar surface area (TPSA) is 29.9 Å². The third kappa shape index (κ3) is 3.91. The van der Waals surface area contributed by atoms with Crippen molar-refractivity contribution in [1.82, 2.24) is 15.1 Å². The molecule has 1 N–H and O–H groups in total. The van der Waals surface area contributed by atoms with E-state index in [0.717, 1.165) is 42.6 Å². The Morgan fingerprint density at radius 1 is 1.29 bits per heavy atom. The summed E-state index contributed by atoms with van der Waals surface area (Å²) in [5.74, 6) is -0.188. The van der Waals surface area contributed by atoms with Gasteiger partial charge in [-0.2, -0.15) is 5.10 Å². The maximum atomic E-state index is 13.3. The molecule has 114 valence electrons. The fourth-order valence-corrected chi connectivity index (χ4v) is 2.54. The predicted molar refractivity (Wildman–Crippen MR) is 83.8 cm³/mol. The lowest BCUT2D eigenvalue weighted by Crippen LogP contribution is -2.23. The second-order valence-corrected chi connectivity index (χ2v) is 5.42. The standard InChI is InChI=1S/C17H24FN3/c1-4-8-19-17(14-11-20-21(12-14)9-5-2)16-7-6-15(18)10-13(16)3/h6-7,10-12,17,19H,4-5,8-9H2,1-3H3. The molecule has 0 saturated carbocycles. The molecule has 21 heavy (non-hydrogen) atoms. The highest BCUT2D eigenvalue weighted by Crippen LogP contribution is 2.25. The Morgan fingerprint density at radius 3 is 2.76 bits per heavy atom. The number of hydrogen-bond acceptors (Lipinski definition) is 2. The van der Waals surface area contributed by atoms with Crippen LogP contribution in [0.1, 0.15) is 49.4 Å². The SMILES string of the molecule is CCCNC(c1cnn(CCC)c1)c1ccc(F)cc1C. The fourth-order valence-electron chi connectivity index (χ4n) is 2.54. The first-order valence-electron chi connectivity index (χ1n) is 7.67. The summed E-state index contributed by atoms with van der Waals surface area (Å²) in [5.41, 5.74) is 3.21. The molecule has 0 aliphatic carbocycles. The first-order valence-corrected chi connectivity index (χ1v) is 7.67. The average Bonchev–Trinajstić information content (AvgIpc) is 2.90. The molecule has 1 aromatic carbocycles. The zero-order valence-corrected chi connectivity index (χ0v) is 13.1. The Bertz CT molecular complexity index is 577. The predicted octanol–water partition coefficient (Wildman–Crippen LogP) is 3.83. The number of rotatable bonds is 7. The zero-order chi connectivity index (χ0) is 15.2. The van der Waals surface area contributed by atoms with E-state index < -0.39 is 0 Å². The van der Waals surface area contributed by atoms with Crippen LogP contribution in [-0.4, -0.2) is 16.3 Å². The normalized spacial score (nSPS) is 12.6. The van der Waals surface area contributed by atoms with E-state index in [1.807, 2.05) is 23.9 Å². The first kappa shape index (κ1) is 15.7. The summed E-state index contributed by atoms with van der Waals surface area (Å²) in [5, 5.41) is 7.95. The van der Waals surface area contributed by atoms with E-state index in [1.165, 1.54) is 6.07 Å². The Hall–Kier alpha value is -1.68. The molecule has 0 radical (unpaired) electrons. The van der Waals surface area contributed by atoms with Crippen LogP contribution in [0.4, 0.5) is 4.39 Å². The maximum Gasteiger partial charge on any atom is 0.123 e. The summed E-state index contributed by atoms with van der Waals surface area (Å²) in [6.07, 6.45) is 6.11. The summed E-state index contributed by atoms with van der Waals surface area (Å²) in [7, 11) is 0. The van der Waals surface area contributed by atoms with Crippen LogP contribution in [0.25, 0.3) is 0 Å². The van der Waals surface area contributed by atoms with Crippen molar-refractivity contribution in [2.75, 3.05) is 6.54 Å². The van der Waals surface area contributed by atoms with Gasteiger partial charge in [-0.05, 0) is 49.6 Å². The van der Waals surface area contributed by atoms with Gasteiger partial charge in [0.25, 0.3) is 0 Å². The van der Waals surface area contributed by atoms with E-state index in [4.69, 9.17) is 0 Å². The molecule has 4 heteroatoms. The molecule has 2 aromatic rings. The molecule has 0 spiro atoms. The van der Waals surface area contributed by atoms with Crippen LogP contribution in [-0.2, 0) is 6.54 Å². The van der Waals surface area contributed by atoms with Gasteiger partial charge in [-0.15, -0.1) is 0 Å². The van der Waals surface area contributed by atoms with Gasteiger partial charge in [0.05, 0.1) is 12.2 Å². The summed E-state index contributed by atoms with van der Waals surface area (Å²) in [6, 6.07) is 5.05. The van der Waals surface area contributed by atoms with Crippen LogP contribution >= 0.6 is 0 Å². The molecule has 0 saturated heterocycles. The first-order chi connectivity index (χ1) is 10.2. The van der Waals surface area contributed by atoms with Crippen molar-refractivity contribution in [2.24, 2.45) is 0 Å². The highest BCUT2D eigenvalue weighted by molar-refractivity contribution is 5.35. The molecule has 1 heterocycles. The molecule has 1 atom stereocenters. The van der Waals surface area contributed by atoms with Gasteiger partial charge in [-0.1, -0.05) is 19.9 Å². The van der Waals surface area contributed by atoms with Crippen molar-refractivity contribution < 1.29 is 4.39 Å². The Kier molecular flexibility index (Phi) is 5.51. The summed E-state index contributed by atoms with van der Waals surface area (Å²) >= 11 is 0. The number of benzene rings is 1. The molecule has 3 nitrogen and oxygen atoms in total. The number of nitrogens with one attached hydrogen (secondary N) is 1. The van der Waals surface area contributed by atoms with Gasteiger partial charge in [-0.25, -0.2) is 4.39 Å². The highest BCUT2D eigenvalue weighted by atomic mass is 19.1. The average molecular weight is 289 g/mol. The Balaban J connectivity index is 2.32. The van der Waals surface area contributed by atoms with Crippen LogP contribution in [0, 0.1) is 12.7 Å². The van der Waals surface area contributed by atoms with E-state index in [-0.39, 0.29) is 11.9 Å². The number of nitrogens with zero attached hydrogens (tertiary/aromatic N) is 2. The van der Waals surface area contributed by atoms with Crippen LogP contribution in [0.3, 0.4) is 0 Å². The van der Waals surface area contributed by atoms with E-state index in [9.17, 15) is 4.39 Å². The van der Waals surface area contributed by atoms with Crippen LogP contribution in [0.5, 0.6) is 0 Å². The minimum absolute atomic E-state index is 0.0659. The van der Waals surface area contributed by atoms with Crippen LogP contribution < -0.4 is 5.32 Å². The lowest BCUT2D eigenvalue weighted by atomic mass is 9.97. The fraction of sp³-hybridized carbons (Fsp3) is 0.471. The Morgan fingerprint density at radius 2 is 2.10 bits per heavy atom. The van der Waals surface area contributed by atoms with Crippen molar-refractivity contribution >= 4 is 0 Å². The van der Waals surface area contributed by atoms with E-state index in [0.29, 0.717) is 0 Å². The van der Waals surface area contributed by atoms with Crippen molar-refractivity contribution in [1.29, 1.82) is 0 Å². The van der Waals surface area contributed by atoms with E-state index in [1.54, 1.807) is 6.07 Å². The quantitative estimate of drug-likeness (QED) is 0.839. The summed E-state index contributed by atoms with van der Waals surface area (Å²) < 4.78 is 15.3. The molecule has 0 bridgehead atoms. The monoisotopic (exact) mass is 289 g/mol. The minimum atomic E-state index is -0.188. The second-order valence-electron chi connectivity index (χ2n) is 5.42. The molecule has 0 fully saturated rings. The van der Waals surface area contributed by atoms with Crippen molar-refractivity contribution in [3.8, 4) is 0 Å². The largest absolute Gasteiger partial charge is 0.306 e. The number of aromatic nitrogens is 2. The van der Waals surface area contributed by atoms with Gasteiger partial charge in [0.1, 0.15) is 5.82 Å². The molecule has 0 amide bonds. The van der Waals surface area contributed by atoms with Crippen LogP contribution in [0.15, 0.2) is 30.6 Å². The zero-order valence-electron chi connectivity index (χ0n) is 13.1. The second kappa shape index (κ2) is 7.36. The number of hydrogen-bond donors (Lipinski definition) is 1. The lowest BCUT2D eigenvalue weighted by molar-refractivity contribution is 0.583. The molecule has 0 aliphatic rings. The molecule has 1 aromatic heterocycles. The van der Waals surface area contributed by atoms with Gasteiger partial charge in [0, 0.05) is 18.3 Å². The van der Waals surface area contributed by atoms with Gasteiger partial charge in [0.15, 0.2) is 0 Å². The van der Waals surface area contributed by atoms with Gasteiger partial charge in [-0.3, -0.25) is 4.68 Å². The van der Waals surface area contributed by atoms with Crippen molar-refractivity contribution in [3.05, 3.63) is 53.1 Å². The highest BCUT2D eigenvalue weighted by Gasteiger charge is 2.17. The molecular formula is C17H24FN3. The van der Waals surface area contributed by atoms with Crippen molar-refractivity contribution in [3.63, 3.8) is 0 Å². The molecular weight excluding hydrogens is 265 g/mol. The minimum Gasteiger partial charge on any atom is -0.306 e. The molecule has 1 unspecified atom stereocenters. The molecule has 0 aliphatic heterocycles. The van der Waals surface area contributed by atoms with Crippen LogP contribution in [0.2, 0.25) is 0 Å². The van der Waals surface area contributed by atoms with Gasteiger partial charge in [0.2, 0.25) is 0 Å². The molecule has 2 rings (SSSR count). The lowest BCUT2D eigenvalue weighted by Gasteiger charge is -2.20. The van der Waals surface area contributed by atoms with Gasteiger partial charge >= 0.3 is 0 Å².